The first-order chi connectivity index (χ1) is 6.24. The van der Waals surface area contributed by atoms with Crippen molar-refractivity contribution in [2.24, 2.45) is 5.92 Å². The topological polar surface area (TPSA) is 15.8 Å². The van der Waals surface area contributed by atoms with Crippen LogP contribution in [-0.4, -0.2) is 13.8 Å². The second-order valence-corrected chi connectivity index (χ2v) is 7.17. The van der Waals surface area contributed by atoms with E-state index in [9.17, 15) is 0 Å². The molecular weight excluding hydrogens is 273 g/mol. The predicted molar refractivity (Wildman–Crippen MR) is 51.8 cm³/mol. The molecule has 0 saturated heterocycles. The number of aromatic amines is 1. The van der Waals surface area contributed by atoms with Crippen molar-refractivity contribution in [3.05, 3.63) is 23.5 Å². The molecule has 1 N–H and O–H groups in total. The third-order valence-corrected chi connectivity index (χ3v) is 6.06. The van der Waals surface area contributed by atoms with E-state index >= 15 is 0 Å². The first-order valence-corrected chi connectivity index (χ1v) is 8.26. The van der Waals surface area contributed by atoms with Crippen molar-refractivity contribution in [3.8, 4) is 0 Å². The SMILES string of the molecule is C[I-]C(C)[C@@H]1CC1c1cc[nH]c1C. The van der Waals surface area contributed by atoms with Crippen LogP contribution in [0, 0.1) is 12.8 Å². The summed E-state index contributed by atoms with van der Waals surface area (Å²) in [5, 5.41) is 0. The fourth-order valence-electron chi connectivity index (χ4n) is 2.11. The first-order valence-electron chi connectivity index (χ1n) is 4.86. The van der Waals surface area contributed by atoms with Crippen molar-refractivity contribution in [1.82, 2.24) is 4.98 Å². The van der Waals surface area contributed by atoms with E-state index in [4.69, 9.17) is 0 Å². The Morgan fingerprint density at radius 1 is 1.62 bits per heavy atom. The second kappa shape index (κ2) is 3.64. The van der Waals surface area contributed by atoms with Crippen molar-refractivity contribution in [2.75, 3.05) is 4.93 Å². The molecule has 1 heterocycles. The second-order valence-electron chi connectivity index (χ2n) is 3.96. The van der Waals surface area contributed by atoms with Crippen LogP contribution in [0.2, 0.25) is 0 Å². The van der Waals surface area contributed by atoms with Gasteiger partial charge in [0.2, 0.25) is 0 Å². The molecule has 1 nitrogen and oxygen atoms in total. The summed E-state index contributed by atoms with van der Waals surface area (Å²) in [7, 11) is 0. The third kappa shape index (κ3) is 1.78. The van der Waals surface area contributed by atoms with E-state index in [1.165, 1.54) is 12.1 Å². The Morgan fingerprint density at radius 2 is 2.38 bits per heavy atom. The van der Waals surface area contributed by atoms with E-state index < -0.39 is 0 Å². The minimum atomic E-state index is 0.442. The van der Waals surface area contributed by atoms with E-state index in [1.54, 1.807) is 5.56 Å². The average Bonchev–Trinajstić information content (AvgIpc) is 2.82. The third-order valence-electron chi connectivity index (χ3n) is 3.17. The molecule has 1 aromatic heterocycles. The van der Waals surface area contributed by atoms with Crippen LogP contribution in [0.25, 0.3) is 0 Å². The van der Waals surface area contributed by atoms with Gasteiger partial charge in [-0.2, -0.15) is 0 Å². The van der Waals surface area contributed by atoms with Crippen LogP contribution >= 0.6 is 0 Å². The molecule has 1 saturated carbocycles. The van der Waals surface area contributed by atoms with Crippen LogP contribution in [0.15, 0.2) is 12.3 Å². The summed E-state index contributed by atoms with van der Waals surface area (Å²) in [6.45, 7) is 4.62. The molecule has 1 fully saturated rings. The molecule has 1 aromatic rings. The summed E-state index contributed by atoms with van der Waals surface area (Å²) >= 11 is 0.442. The number of halogens is 1. The van der Waals surface area contributed by atoms with Crippen LogP contribution in [0.3, 0.4) is 0 Å². The van der Waals surface area contributed by atoms with Gasteiger partial charge in [-0.05, 0) is 0 Å². The minimum absolute atomic E-state index is 0.442. The van der Waals surface area contributed by atoms with Crippen LogP contribution in [0.4, 0.5) is 0 Å². The molecule has 0 spiro atoms. The quantitative estimate of drug-likeness (QED) is 0.572. The summed E-state index contributed by atoms with van der Waals surface area (Å²) in [5.41, 5.74) is 2.96. The first kappa shape index (κ1) is 9.56. The van der Waals surface area contributed by atoms with Crippen molar-refractivity contribution in [2.45, 2.75) is 30.1 Å². The summed E-state index contributed by atoms with van der Waals surface area (Å²) < 4.78 is 1.01. The maximum absolute atomic E-state index is 3.28. The Labute approximate surface area is 90.6 Å². The molecule has 0 radical (unpaired) electrons. The number of hydrogen-bond acceptors (Lipinski definition) is 0. The predicted octanol–water partition coefficient (Wildman–Crippen LogP) is -0.466. The monoisotopic (exact) mass is 290 g/mol. The summed E-state index contributed by atoms with van der Waals surface area (Å²) in [5.74, 6) is 1.90. The summed E-state index contributed by atoms with van der Waals surface area (Å²) in [6.07, 6.45) is 3.51. The van der Waals surface area contributed by atoms with Gasteiger partial charge in [-0.25, -0.2) is 0 Å². The Hall–Kier alpha value is 0.01000. The Morgan fingerprint density at radius 3 is 2.92 bits per heavy atom. The van der Waals surface area contributed by atoms with Crippen molar-refractivity contribution in [1.29, 1.82) is 0 Å². The van der Waals surface area contributed by atoms with E-state index in [1.807, 2.05) is 0 Å². The molecule has 3 atom stereocenters. The van der Waals surface area contributed by atoms with Gasteiger partial charge < -0.3 is 0 Å². The van der Waals surface area contributed by atoms with Crippen molar-refractivity contribution < 1.29 is 21.2 Å². The molecule has 1 aliphatic carbocycles. The van der Waals surface area contributed by atoms with Gasteiger partial charge in [0.1, 0.15) is 0 Å². The van der Waals surface area contributed by atoms with Gasteiger partial charge in [0, 0.05) is 0 Å². The van der Waals surface area contributed by atoms with E-state index in [2.05, 4.69) is 36.0 Å². The van der Waals surface area contributed by atoms with E-state index in [-0.39, 0.29) is 0 Å². The van der Waals surface area contributed by atoms with Gasteiger partial charge >= 0.3 is 90.7 Å². The van der Waals surface area contributed by atoms with E-state index in [0.717, 1.165) is 15.8 Å². The number of alkyl halides is 2. The number of aromatic nitrogens is 1. The maximum atomic E-state index is 3.28. The number of nitrogens with one attached hydrogen (secondary N) is 1. The van der Waals surface area contributed by atoms with Gasteiger partial charge in [-0.15, -0.1) is 0 Å². The zero-order chi connectivity index (χ0) is 9.42. The number of H-pyrrole nitrogens is 1. The Kier molecular flexibility index (Phi) is 2.67. The molecule has 2 rings (SSSR count). The molecule has 0 aromatic carbocycles. The number of hydrogen-bond donors (Lipinski definition) is 1. The Balaban J connectivity index is 2.04. The fraction of sp³-hybridized carbons (Fsp3) is 0.636. The molecule has 0 amide bonds. The normalized spacial score (nSPS) is 29.2. The molecule has 2 unspecified atom stereocenters. The molecule has 1 aliphatic rings. The van der Waals surface area contributed by atoms with Crippen LogP contribution < -0.4 is 21.2 Å². The standard InChI is InChI=1S/C11H17IN/c1-7(12-3)10-6-11(10)9-4-5-13-8(9)2/h4-5,7,10-11,13H,6H2,1-3H3/q-1/t7?,10-,11?/m0/s1. The Bertz CT molecular complexity index is 292. The van der Waals surface area contributed by atoms with Gasteiger partial charge in [0.15, 0.2) is 0 Å². The van der Waals surface area contributed by atoms with Crippen LogP contribution in [-0.2, 0) is 0 Å². The van der Waals surface area contributed by atoms with Gasteiger partial charge in [0.05, 0.1) is 0 Å². The molecule has 0 aliphatic heterocycles. The van der Waals surface area contributed by atoms with Crippen LogP contribution in [0.5, 0.6) is 0 Å². The molecular formula is C11H17IN-. The molecule has 0 bridgehead atoms. The average molecular weight is 290 g/mol. The van der Waals surface area contributed by atoms with Crippen LogP contribution in [0.1, 0.15) is 30.5 Å². The van der Waals surface area contributed by atoms with E-state index in [0.29, 0.717) is 21.2 Å². The van der Waals surface area contributed by atoms with Gasteiger partial charge in [-0.3, -0.25) is 0 Å². The fourth-order valence-corrected chi connectivity index (χ4v) is 3.83. The summed E-state index contributed by atoms with van der Waals surface area (Å²) in [6, 6.07) is 2.26. The molecule has 2 heteroatoms. The van der Waals surface area contributed by atoms with Gasteiger partial charge in [0.25, 0.3) is 0 Å². The number of rotatable bonds is 3. The molecule has 13 heavy (non-hydrogen) atoms. The molecule has 74 valence electrons. The van der Waals surface area contributed by atoms with Gasteiger partial charge in [-0.1, -0.05) is 0 Å². The zero-order valence-electron chi connectivity index (χ0n) is 8.47. The van der Waals surface area contributed by atoms with Crippen molar-refractivity contribution in [3.63, 3.8) is 0 Å². The number of aryl methyl sites for hydroxylation is 1. The zero-order valence-corrected chi connectivity index (χ0v) is 10.6. The summed E-state index contributed by atoms with van der Waals surface area (Å²) in [4.78, 5) is 5.68. The van der Waals surface area contributed by atoms with Crippen molar-refractivity contribution >= 4 is 0 Å².